The Kier molecular flexibility index (Phi) is 3.46. The number of aromatic nitrogens is 2. The number of benzene rings is 2. The summed E-state index contributed by atoms with van der Waals surface area (Å²) in [5.74, 6) is 0.959. The number of rotatable bonds is 2. The molecular weight excluding hydrogens is 342 g/mol. The van der Waals surface area contributed by atoms with Gasteiger partial charge in [0.05, 0.1) is 5.02 Å². The normalized spacial score (nSPS) is 10.7. The van der Waals surface area contributed by atoms with Gasteiger partial charge in [0.25, 0.3) is 5.89 Å². The Balaban J connectivity index is 1.97. The van der Waals surface area contributed by atoms with Crippen LogP contribution >= 0.6 is 27.5 Å². The summed E-state index contributed by atoms with van der Waals surface area (Å²) in [6, 6.07) is 12.7. The van der Waals surface area contributed by atoms with Gasteiger partial charge in [0.1, 0.15) is 0 Å². The minimum absolute atomic E-state index is 0.439. The topological polar surface area (TPSA) is 64.9 Å². The first-order valence-electron chi connectivity index (χ1n) is 5.78. The summed E-state index contributed by atoms with van der Waals surface area (Å²) in [4.78, 5) is 4.37. The second-order valence-corrected chi connectivity index (χ2v) is 5.44. The molecule has 0 aliphatic heterocycles. The van der Waals surface area contributed by atoms with E-state index in [-0.39, 0.29) is 0 Å². The van der Waals surface area contributed by atoms with E-state index in [1.807, 2.05) is 24.3 Å². The molecule has 0 spiro atoms. The molecule has 20 heavy (non-hydrogen) atoms. The quantitative estimate of drug-likeness (QED) is 0.696. The fourth-order valence-electron chi connectivity index (χ4n) is 1.72. The van der Waals surface area contributed by atoms with Crippen molar-refractivity contribution in [3.8, 4) is 22.8 Å². The summed E-state index contributed by atoms with van der Waals surface area (Å²) in [5, 5.41) is 4.60. The van der Waals surface area contributed by atoms with Crippen molar-refractivity contribution in [3.05, 3.63) is 52.0 Å². The molecule has 0 aliphatic carbocycles. The van der Waals surface area contributed by atoms with Crippen LogP contribution in [-0.4, -0.2) is 10.1 Å². The van der Waals surface area contributed by atoms with Gasteiger partial charge >= 0.3 is 0 Å². The third-order valence-corrected chi connectivity index (χ3v) is 3.98. The van der Waals surface area contributed by atoms with E-state index < -0.39 is 0 Å². The lowest BCUT2D eigenvalue weighted by Crippen LogP contribution is -1.85. The largest absolute Gasteiger partial charge is 0.399 e. The second kappa shape index (κ2) is 5.26. The zero-order valence-corrected chi connectivity index (χ0v) is 12.5. The van der Waals surface area contributed by atoms with E-state index in [1.165, 1.54) is 0 Å². The third kappa shape index (κ3) is 2.55. The van der Waals surface area contributed by atoms with Crippen molar-refractivity contribution in [2.75, 3.05) is 5.73 Å². The average molecular weight is 351 g/mol. The molecule has 3 rings (SSSR count). The van der Waals surface area contributed by atoms with Crippen molar-refractivity contribution < 1.29 is 4.52 Å². The first-order valence-corrected chi connectivity index (χ1v) is 6.95. The Hall–Kier alpha value is -1.85. The SMILES string of the molecule is Nc1ccc(-c2noc(-c3ccc(Cl)c(Br)c3)n2)cc1. The smallest absolute Gasteiger partial charge is 0.258 e. The Labute approximate surface area is 128 Å². The van der Waals surface area contributed by atoms with Gasteiger partial charge in [-0.1, -0.05) is 16.8 Å². The predicted octanol–water partition coefficient (Wildman–Crippen LogP) is 4.40. The molecule has 4 nitrogen and oxygen atoms in total. The molecule has 0 unspecified atom stereocenters. The molecule has 0 fully saturated rings. The highest BCUT2D eigenvalue weighted by molar-refractivity contribution is 9.10. The molecule has 1 heterocycles. The van der Waals surface area contributed by atoms with E-state index in [0.29, 0.717) is 22.4 Å². The molecule has 1 aromatic heterocycles. The van der Waals surface area contributed by atoms with Crippen molar-refractivity contribution in [2.45, 2.75) is 0 Å². The Bertz CT molecular complexity index is 755. The molecule has 0 saturated carbocycles. The molecular formula is C14H9BrClN3O. The van der Waals surface area contributed by atoms with Gasteiger partial charge in [-0.2, -0.15) is 4.98 Å². The molecule has 2 aromatic carbocycles. The van der Waals surface area contributed by atoms with Crippen LogP contribution in [0.4, 0.5) is 5.69 Å². The number of hydrogen-bond donors (Lipinski definition) is 1. The summed E-state index contributed by atoms with van der Waals surface area (Å²) in [7, 11) is 0. The third-order valence-electron chi connectivity index (χ3n) is 2.76. The van der Waals surface area contributed by atoms with E-state index in [4.69, 9.17) is 21.9 Å². The zero-order chi connectivity index (χ0) is 14.1. The molecule has 0 amide bonds. The van der Waals surface area contributed by atoms with Gasteiger partial charge in [0.15, 0.2) is 0 Å². The van der Waals surface area contributed by atoms with Crippen LogP contribution in [0.1, 0.15) is 0 Å². The first kappa shape index (κ1) is 13.1. The van der Waals surface area contributed by atoms with Crippen LogP contribution in [0, 0.1) is 0 Å². The Morgan fingerprint density at radius 2 is 1.75 bits per heavy atom. The molecule has 6 heteroatoms. The first-order chi connectivity index (χ1) is 9.63. The zero-order valence-electron chi connectivity index (χ0n) is 10.2. The monoisotopic (exact) mass is 349 g/mol. The maximum absolute atomic E-state index is 5.96. The van der Waals surface area contributed by atoms with Crippen molar-refractivity contribution in [2.24, 2.45) is 0 Å². The lowest BCUT2D eigenvalue weighted by molar-refractivity contribution is 0.432. The molecule has 0 bridgehead atoms. The number of nitrogens with zero attached hydrogens (tertiary/aromatic N) is 2. The van der Waals surface area contributed by atoms with E-state index in [2.05, 4.69) is 26.1 Å². The predicted molar refractivity (Wildman–Crippen MR) is 82.3 cm³/mol. The van der Waals surface area contributed by atoms with Gasteiger partial charge in [-0.05, 0) is 58.4 Å². The minimum atomic E-state index is 0.439. The van der Waals surface area contributed by atoms with E-state index in [9.17, 15) is 0 Å². The van der Waals surface area contributed by atoms with Crippen LogP contribution in [0.3, 0.4) is 0 Å². The van der Waals surface area contributed by atoms with Crippen LogP contribution in [-0.2, 0) is 0 Å². The van der Waals surface area contributed by atoms with Crippen molar-refractivity contribution in [3.63, 3.8) is 0 Å². The van der Waals surface area contributed by atoms with Gasteiger partial charge in [-0.3, -0.25) is 0 Å². The van der Waals surface area contributed by atoms with Crippen molar-refractivity contribution >= 4 is 33.2 Å². The summed E-state index contributed by atoms with van der Waals surface area (Å²) < 4.78 is 6.06. The van der Waals surface area contributed by atoms with Crippen molar-refractivity contribution in [1.82, 2.24) is 10.1 Å². The number of halogens is 2. The lowest BCUT2D eigenvalue weighted by atomic mass is 10.2. The summed E-state index contributed by atoms with van der Waals surface area (Å²) in [6.45, 7) is 0. The highest BCUT2D eigenvalue weighted by Gasteiger charge is 2.11. The van der Waals surface area contributed by atoms with Gasteiger partial charge in [0, 0.05) is 21.3 Å². The van der Waals surface area contributed by atoms with Crippen molar-refractivity contribution in [1.29, 1.82) is 0 Å². The maximum atomic E-state index is 5.96. The van der Waals surface area contributed by atoms with Crippen LogP contribution in [0.5, 0.6) is 0 Å². The number of nitrogen functional groups attached to an aromatic ring is 1. The maximum Gasteiger partial charge on any atom is 0.258 e. The lowest BCUT2D eigenvalue weighted by Gasteiger charge is -1.97. The Morgan fingerprint density at radius 1 is 1.05 bits per heavy atom. The van der Waals surface area contributed by atoms with Crippen LogP contribution < -0.4 is 5.73 Å². The van der Waals surface area contributed by atoms with Gasteiger partial charge in [-0.25, -0.2) is 0 Å². The molecule has 2 N–H and O–H groups in total. The van der Waals surface area contributed by atoms with E-state index >= 15 is 0 Å². The fraction of sp³-hybridized carbons (Fsp3) is 0. The fourth-order valence-corrected chi connectivity index (χ4v) is 2.22. The molecule has 100 valence electrons. The second-order valence-electron chi connectivity index (χ2n) is 4.17. The molecule has 0 saturated heterocycles. The summed E-state index contributed by atoms with van der Waals surface area (Å²) >= 11 is 9.33. The molecule has 0 radical (unpaired) electrons. The molecule has 0 atom stereocenters. The van der Waals surface area contributed by atoms with Crippen LogP contribution in [0.2, 0.25) is 5.02 Å². The van der Waals surface area contributed by atoms with Crippen LogP contribution in [0.15, 0.2) is 51.5 Å². The summed E-state index contributed by atoms with van der Waals surface area (Å²) in [5.41, 5.74) is 7.99. The number of hydrogen-bond acceptors (Lipinski definition) is 4. The van der Waals surface area contributed by atoms with E-state index in [0.717, 1.165) is 15.6 Å². The summed E-state index contributed by atoms with van der Waals surface area (Å²) in [6.07, 6.45) is 0. The van der Waals surface area contributed by atoms with Gasteiger partial charge in [-0.15, -0.1) is 0 Å². The molecule has 0 aliphatic rings. The van der Waals surface area contributed by atoms with Crippen LogP contribution in [0.25, 0.3) is 22.8 Å². The average Bonchev–Trinajstić information content (AvgIpc) is 2.92. The minimum Gasteiger partial charge on any atom is -0.399 e. The van der Waals surface area contributed by atoms with Gasteiger partial charge in [0.2, 0.25) is 5.82 Å². The number of nitrogens with two attached hydrogens (primary N) is 1. The van der Waals surface area contributed by atoms with Gasteiger partial charge < -0.3 is 10.3 Å². The Morgan fingerprint density at radius 3 is 2.45 bits per heavy atom. The highest BCUT2D eigenvalue weighted by Crippen LogP contribution is 2.29. The highest BCUT2D eigenvalue weighted by atomic mass is 79.9. The van der Waals surface area contributed by atoms with E-state index in [1.54, 1.807) is 18.2 Å². The standard InChI is InChI=1S/C14H9BrClN3O/c15-11-7-9(3-6-12(11)16)14-18-13(19-20-14)8-1-4-10(17)5-2-8/h1-7H,17H2. The number of anilines is 1. The molecule has 3 aromatic rings.